The molecule has 0 atom stereocenters. The first-order valence-corrected chi connectivity index (χ1v) is 10.5. The Balaban J connectivity index is 1.51. The minimum absolute atomic E-state index is 0.0660. The number of aromatic nitrogens is 3. The summed E-state index contributed by atoms with van der Waals surface area (Å²) in [5.41, 5.74) is 2.89. The second-order valence-electron chi connectivity index (χ2n) is 7.72. The number of benzene rings is 1. The standard InChI is InChI=1S/C23H27N5O2/c1-3-11-25-22(29)17-9-13-28(14-10-17)21-19(8-5-12-24-21)23-26-20(27-30-23)18-7-4-6-16(2)15-18/h4-8,12,15,17H,3,9-11,13-14H2,1-2H3,(H,25,29). The maximum Gasteiger partial charge on any atom is 0.261 e. The minimum atomic E-state index is 0.0660. The van der Waals surface area contributed by atoms with Crippen LogP contribution in [0.2, 0.25) is 0 Å². The Kier molecular flexibility index (Phi) is 6.07. The van der Waals surface area contributed by atoms with Crippen molar-refractivity contribution >= 4 is 11.7 Å². The molecule has 1 N–H and O–H groups in total. The summed E-state index contributed by atoms with van der Waals surface area (Å²) in [6, 6.07) is 11.9. The van der Waals surface area contributed by atoms with Crippen LogP contribution in [0.5, 0.6) is 0 Å². The van der Waals surface area contributed by atoms with E-state index in [1.54, 1.807) is 6.20 Å². The molecule has 0 unspecified atom stereocenters. The number of rotatable bonds is 6. The largest absolute Gasteiger partial charge is 0.356 e. The fourth-order valence-electron chi connectivity index (χ4n) is 3.80. The Morgan fingerprint density at radius 1 is 1.23 bits per heavy atom. The highest BCUT2D eigenvalue weighted by Crippen LogP contribution is 2.32. The molecule has 156 valence electrons. The lowest BCUT2D eigenvalue weighted by Crippen LogP contribution is -2.41. The Bertz CT molecular complexity index is 1010. The van der Waals surface area contributed by atoms with E-state index in [9.17, 15) is 4.79 Å². The molecule has 7 heteroatoms. The van der Waals surface area contributed by atoms with Gasteiger partial charge >= 0.3 is 0 Å². The Morgan fingerprint density at radius 2 is 2.07 bits per heavy atom. The summed E-state index contributed by atoms with van der Waals surface area (Å²) in [4.78, 5) is 23.7. The van der Waals surface area contributed by atoms with E-state index in [2.05, 4.69) is 32.3 Å². The first kappa shape index (κ1) is 20.1. The summed E-state index contributed by atoms with van der Waals surface area (Å²) in [7, 11) is 0. The lowest BCUT2D eigenvalue weighted by Gasteiger charge is -2.32. The van der Waals surface area contributed by atoms with E-state index in [4.69, 9.17) is 4.52 Å². The molecule has 3 aromatic rings. The molecule has 7 nitrogen and oxygen atoms in total. The Hall–Kier alpha value is -3.22. The summed E-state index contributed by atoms with van der Waals surface area (Å²) in [5, 5.41) is 7.18. The van der Waals surface area contributed by atoms with Gasteiger partial charge in [0.1, 0.15) is 5.82 Å². The number of aryl methyl sites for hydroxylation is 1. The van der Waals surface area contributed by atoms with E-state index >= 15 is 0 Å². The first-order chi connectivity index (χ1) is 14.7. The minimum Gasteiger partial charge on any atom is -0.356 e. The van der Waals surface area contributed by atoms with Gasteiger partial charge in [-0.2, -0.15) is 4.98 Å². The van der Waals surface area contributed by atoms with Gasteiger partial charge < -0.3 is 14.7 Å². The second kappa shape index (κ2) is 9.07. The lowest BCUT2D eigenvalue weighted by atomic mass is 9.95. The van der Waals surface area contributed by atoms with E-state index in [0.717, 1.165) is 61.4 Å². The number of piperidine rings is 1. The van der Waals surface area contributed by atoms with E-state index in [-0.39, 0.29) is 11.8 Å². The lowest BCUT2D eigenvalue weighted by molar-refractivity contribution is -0.125. The molecule has 0 spiro atoms. The van der Waals surface area contributed by atoms with E-state index < -0.39 is 0 Å². The average Bonchev–Trinajstić information content (AvgIpc) is 3.28. The highest BCUT2D eigenvalue weighted by molar-refractivity contribution is 5.79. The fourth-order valence-corrected chi connectivity index (χ4v) is 3.80. The molecule has 0 bridgehead atoms. The summed E-state index contributed by atoms with van der Waals surface area (Å²) >= 11 is 0. The SMILES string of the molecule is CCCNC(=O)C1CCN(c2ncccc2-c2nc(-c3cccc(C)c3)no2)CC1. The molecule has 3 heterocycles. The molecule has 1 amide bonds. The smallest absolute Gasteiger partial charge is 0.261 e. The Labute approximate surface area is 176 Å². The molecule has 1 aliphatic rings. The number of carbonyl (C=O) groups is 1. The zero-order valence-corrected chi connectivity index (χ0v) is 17.5. The number of carbonyl (C=O) groups excluding carboxylic acids is 1. The molecule has 4 rings (SSSR count). The van der Waals surface area contributed by atoms with Crippen LogP contribution >= 0.6 is 0 Å². The van der Waals surface area contributed by atoms with Crippen molar-refractivity contribution < 1.29 is 9.32 Å². The van der Waals surface area contributed by atoms with Gasteiger partial charge in [0.05, 0.1) is 5.56 Å². The van der Waals surface area contributed by atoms with Gasteiger partial charge in [0.2, 0.25) is 11.7 Å². The highest BCUT2D eigenvalue weighted by atomic mass is 16.5. The molecule has 1 saturated heterocycles. The molecular weight excluding hydrogens is 378 g/mol. The van der Waals surface area contributed by atoms with Crippen LogP contribution in [0.25, 0.3) is 22.8 Å². The monoisotopic (exact) mass is 405 g/mol. The van der Waals surface area contributed by atoms with Gasteiger partial charge in [-0.15, -0.1) is 0 Å². The molecule has 1 aliphatic heterocycles. The van der Waals surface area contributed by atoms with E-state index in [0.29, 0.717) is 11.7 Å². The molecule has 0 saturated carbocycles. The Morgan fingerprint density at radius 3 is 2.83 bits per heavy atom. The predicted octanol–water partition coefficient (Wildman–Crippen LogP) is 3.85. The van der Waals surface area contributed by atoms with Crippen LogP contribution in [0.4, 0.5) is 5.82 Å². The maximum absolute atomic E-state index is 12.3. The average molecular weight is 406 g/mol. The molecule has 30 heavy (non-hydrogen) atoms. The third kappa shape index (κ3) is 4.35. The second-order valence-corrected chi connectivity index (χ2v) is 7.72. The third-order valence-electron chi connectivity index (χ3n) is 5.43. The normalized spacial score (nSPS) is 14.7. The van der Waals surface area contributed by atoms with Crippen LogP contribution in [0.15, 0.2) is 47.1 Å². The van der Waals surface area contributed by atoms with Crippen LogP contribution in [0, 0.1) is 12.8 Å². The number of pyridine rings is 1. The summed E-state index contributed by atoms with van der Waals surface area (Å²) in [6.45, 7) is 6.38. The molecule has 2 aromatic heterocycles. The van der Waals surface area contributed by atoms with Gasteiger partial charge in [-0.3, -0.25) is 4.79 Å². The number of nitrogens with one attached hydrogen (secondary N) is 1. The van der Waals surface area contributed by atoms with Crippen molar-refractivity contribution in [3.63, 3.8) is 0 Å². The van der Waals surface area contributed by atoms with Crippen molar-refractivity contribution in [3.8, 4) is 22.8 Å². The van der Waals surface area contributed by atoms with Crippen LogP contribution in [-0.4, -0.2) is 40.7 Å². The fraction of sp³-hybridized carbons (Fsp3) is 0.391. The first-order valence-electron chi connectivity index (χ1n) is 10.5. The van der Waals surface area contributed by atoms with Crippen LogP contribution in [-0.2, 0) is 4.79 Å². The van der Waals surface area contributed by atoms with Crippen molar-refractivity contribution in [1.82, 2.24) is 20.4 Å². The van der Waals surface area contributed by atoms with Crippen molar-refractivity contribution in [2.75, 3.05) is 24.5 Å². The van der Waals surface area contributed by atoms with Crippen molar-refractivity contribution in [2.45, 2.75) is 33.1 Å². The highest BCUT2D eigenvalue weighted by Gasteiger charge is 2.27. The molecular formula is C23H27N5O2. The maximum atomic E-state index is 12.3. The topological polar surface area (TPSA) is 84.2 Å². The number of hydrogen-bond donors (Lipinski definition) is 1. The number of hydrogen-bond acceptors (Lipinski definition) is 6. The van der Waals surface area contributed by atoms with Gasteiger partial charge in [-0.1, -0.05) is 35.8 Å². The molecule has 0 aliphatic carbocycles. The number of amides is 1. The molecule has 1 fully saturated rings. The van der Waals surface area contributed by atoms with Crippen molar-refractivity contribution in [3.05, 3.63) is 48.2 Å². The van der Waals surface area contributed by atoms with Crippen LogP contribution in [0.1, 0.15) is 31.7 Å². The van der Waals surface area contributed by atoms with Gasteiger partial charge in [-0.05, 0) is 44.4 Å². The number of nitrogens with zero attached hydrogens (tertiary/aromatic N) is 4. The zero-order valence-electron chi connectivity index (χ0n) is 17.5. The zero-order chi connectivity index (χ0) is 20.9. The summed E-state index contributed by atoms with van der Waals surface area (Å²) in [6.07, 6.45) is 4.35. The van der Waals surface area contributed by atoms with Crippen LogP contribution in [0.3, 0.4) is 0 Å². The van der Waals surface area contributed by atoms with Gasteiger partial charge in [0, 0.05) is 37.3 Å². The quantitative estimate of drug-likeness (QED) is 0.671. The summed E-state index contributed by atoms with van der Waals surface area (Å²) in [5.74, 6) is 2.07. The van der Waals surface area contributed by atoms with Gasteiger partial charge in [-0.25, -0.2) is 4.98 Å². The predicted molar refractivity (Wildman–Crippen MR) is 116 cm³/mol. The van der Waals surface area contributed by atoms with Gasteiger partial charge in [0.25, 0.3) is 5.89 Å². The molecule has 1 aromatic carbocycles. The van der Waals surface area contributed by atoms with Crippen LogP contribution < -0.4 is 10.2 Å². The van der Waals surface area contributed by atoms with Crippen molar-refractivity contribution in [1.29, 1.82) is 0 Å². The molecule has 0 radical (unpaired) electrons. The van der Waals surface area contributed by atoms with E-state index in [1.165, 1.54) is 0 Å². The van der Waals surface area contributed by atoms with E-state index in [1.807, 2.05) is 43.3 Å². The third-order valence-corrected chi connectivity index (χ3v) is 5.43. The number of anilines is 1. The summed E-state index contributed by atoms with van der Waals surface area (Å²) < 4.78 is 5.59. The van der Waals surface area contributed by atoms with Crippen molar-refractivity contribution in [2.24, 2.45) is 5.92 Å². The van der Waals surface area contributed by atoms with Gasteiger partial charge in [0.15, 0.2) is 0 Å².